The lowest BCUT2D eigenvalue weighted by atomic mass is 10.0. The molecule has 4 heteroatoms. The topological polar surface area (TPSA) is 35.5 Å². The highest BCUT2D eigenvalue weighted by Gasteiger charge is 2.09. The molecule has 0 spiro atoms. The molecule has 0 amide bonds. The summed E-state index contributed by atoms with van der Waals surface area (Å²) in [6, 6.07) is 26.6. The molecule has 3 nitrogen and oxygen atoms in total. The van der Waals surface area contributed by atoms with Gasteiger partial charge >= 0.3 is 0 Å². The summed E-state index contributed by atoms with van der Waals surface area (Å²) in [4.78, 5) is 12.7. The molecule has 0 saturated heterocycles. The molecule has 0 bridgehead atoms. The van der Waals surface area contributed by atoms with E-state index in [4.69, 9.17) is 21.1 Å². The number of ether oxygens (including phenoxy) is 2. The molecule has 0 aliphatic carbocycles. The predicted molar refractivity (Wildman–Crippen MR) is 126 cm³/mol. The van der Waals surface area contributed by atoms with Gasteiger partial charge in [-0.3, -0.25) is 4.79 Å². The summed E-state index contributed by atoms with van der Waals surface area (Å²) in [5.41, 5.74) is 2.48. The molecule has 0 unspecified atom stereocenters. The van der Waals surface area contributed by atoms with E-state index in [1.165, 1.54) is 0 Å². The van der Waals surface area contributed by atoms with Crippen molar-refractivity contribution in [3.05, 3.63) is 113 Å². The third kappa shape index (κ3) is 4.96. The standard InChI is InChI=1S/C27H21ClO3/c1-30-23-13-8-21(9-14-23)26(29)16-15-25-24-5-3-2-4-20(24)10-17-27(25)31-18-19-6-11-22(28)12-7-19/h2-17H,18H2,1H3/b16-15+. The molecule has 0 heterocycles. The van der Waals surface area contributed by atoms with Crippen molar-refractivity contribution in [1.29, 1.82) is 0 Å². The highest BCUT2D eigenvalue weighted by atomic mass is 35.5. The number of hydrogen-bond donors (Lipinski definition) is 0. The molecule has 0 saturated carbocycles. The zero-order chi connectivity index (χ0) is 21.6. The van der Waals surface area contributed by atoms with Gasteiger partial charge in [0.1, 0.15) is 18.1 Å². The molecule has 31 heavy (non-hydrogen) atoms. The first kappa shape index (κ1) is 20.7. The van der Waals surface area contributed by atoms with Crippen molar-refractivity contribution in [2.45, 2.75) is 6.61 Å². The van der Waals surface area contributed by atoms with Gasteiger partial charge in [0.25, 0.3) is 0 Å². The summed E-state index contributed by atoms with van der Waals surface area (Å²) < 4.78 is 11.3. The van der Waals surface area contributed by atoms with Gasteiger partial charge in [0.05, 0.1) is 7.11 Å². The van der Waals surface area contributed by atoms with Gasteiger partial charge < -0.3 is 9.47 Å². The molecule has 0 radical (unpaired) electrons. The number of allylic oxidation sites excluding steroid dienone is 1. The molecule has 0 N–H and O–H groups in total. The maximum Gasteiger partial charge on any atom is 0.185 e. The summed E-state index contributed by atoms with van der Waals surface area (Å²) in [6.45, 7) is 0.406. The Kier molecular flexibility index (Phi) is 6.34. The summed E-state index contributed by atoms with van der Waals surface area (Å²) in [7, 11) is 1.60. The van der Waals surface area contributed by atoms with E-state index < -0.39 is 0 Å². The molecule has 0 aliphatic heterocycles. The zero-order valence-electron chi connectivity index (χ0n) is 17.0. The quantitative estimate of drug-likeness (QED) is 0.235. The van der Waals surface area contributed by atoms with E-state index in [9.17, 15) is 4.79 Å². The molecular weight excluding hydrogens is 408 g/mol. The van der Waals surface area contributed by atoms with Crippen LogP contribution in [0.1, 0.15) is 21.5 Å². The van der Waals surface area contributed by atoms with Gasteiger partial charge in [-0.2, -0.15) is 0 Å². The second-order valence-electron chi connectivity index (χ2n) is 7.04. The molecule has 0 aromatic heterocycles. The maximum atomic E-state index is 12.7. The first-order chi connectivity index (χ1) is 15.1. The number of carbonyl (C=O) groups is 1. The third-order valence-electron chi connectivity index (χ3n) is 5.01. The highest BCUT2D eigenvalue weighted by molar-refractivity contribution is 6.30. The molecule has 0 aliphatic rings. The number of rotatable bonds is 7. The van der Waals surface area contributed by atoms with Gasteiger partial charge in [0.15, 0.2) is 5.78 Å². The molecule has 0 fully saturated rings. The number of ketones is 1. The van der Waals surface area contributed by atoms with Crippen molar-refractivity contribution in [2.75, 3.05) is 7.11 Å². The summed E-state index contributed by atoms with van der Waals surface area (Å²) in [5, 5.41) is 2.79. The van der Waals surface area contributed by atoms with Crippen LogP contribution in [0.3, 0.4) is 0 Å². The number of halogens is 1. The molecular formula is C27H21ClO3. The fourth-order valence-electron chi connectivity index (χ4n) is 3.33. The van der Waals surface area contributed by atoms with Crippen LogP contribution in [-0.2, 0) is 6.61 Å². The molecule has 4 rings (SSSR count). The fraction of sp³-hybridized carbons (Fsp3) is 0.0741. The molecule has 4 aromatic carbocycles. The van der Waals surface area contributed by atoms with Crippen LogP contribution >= 0.6 is 11.6 Å². The Hall–Kier alpha value is -3.56. The first-order valence-electron chi connectivity index (χ1n) is 9.89. The Bertz CT molecular complexity index is 1230. The van der Waals surface area contributed by atoms with Crippen molar-refractivity contribution >= 4 is 34.2 Å². The van der Waals surface area contributed by atoms with Crippen LogP contribution in [0.25, 0.3) is 16.8 Å². The fourth-order valence-corrected chi connectivity index (χ4v) is 3.45. The smallest absolute Gasteiger partial charge is 0.185 e. The van der Waals surface area contributed by atoms with E-state index in [-0.39, 0.29) is 5.78 Å². The van der Waals surface area contributed by atoms with E-state index in [0.717, 1.165) is 21.9 Å². The van der Waals surface area contributed by atoms with Crippen LogP contribution in [0, 0.1) is 0 Å². The SMILES string of the molecule is COc1ccc(C(=O)/C=C/c2c(OCc3ccc(Cl)cc3)ccc3ccccc23)cc1. The molecule has 4 aromatic rings. The van der Waals surface area contributed by atoms with Gasteiger partial charge in [-0.25, -0.2) is 0 Å². The van der Waals surface area contributed by atoms with E-state index in [0.29, 0.717) is 28.7 Å². The van der Waals surface area contributed by atoms with Crippen LogP contribution in [0.2, 0.25) is 5.02 Å². The largest absolute Gasteiger partial charge is 0.497 e. The van der Waals surface area contributed by atoms with Gasteiger partial charge in [-0.15, -0.1) is 0 Å². The van der Waals surface area contributed by atoms with Gasteiger partial charge in [0, 0.05) is 16.1 Å². The minimum absolute atomic E-state index is 0.0840. The molecule has 0 atom stereocenters. The normalized spacial score (nSPS) is 11.0. The predicted octanol–water partition coefficient (Wildman–Crippen LogP) is 6.98. The first-order valence-corrected chi connectivity index (χ1v) is 10.3. The van der Waals surface area contributed by atoms with E-state index in [1.54, 1.807) is 37.5 Å². The Labute approximate surface area is 186 Å². The number of hydrogen-bond acceptors (Lipinski definition) is 3. The summed E-state index contributed by atoms with van der Waals surface area (Å²) in [5.74, 6) is 1.35. The van der Waals surface area contributed by atoms with Crippen LogP contribution in [0.4, 0.5) is 0 Å². The van der Waals surface area contributed by atoms with Crippen molar-refractivity contribution < 1.29 is 14.3 Å². The average Bonchev–Trinajstić information content (AvgIpc) is 2.82. The monoisotopic (exact) mass is 428 g/mol. The number of benzene rings is 4. The Balaban J connectivity index is 1.63. The summed E-state index contributed by atoms with van der Waals surface area (Å²) >= 11 is 5.97. The van der Waals surface area contributed by atoms with Crippen molar-refractivity contribution in [3.63, 3.8) is 0 Å². The highest BCUT2D eigenvalue weighted by Crippen LogP contribution is 2.30. The van der Waals surface area contributed by atoms with Crippen LogP contribution in [0.5, 0.6) is 11.5 Å². The van der Waals surface area contributed by atoms with E-state index in [2.05, 4.69) is 0 Å². The van der Waals surface area contributed by atoms with Gasteiger partial charge in [0.2, 0.25) is 0 Å². The average molecular weight is 429 g/mol. The maximum absolute atomic E-state index is 12.7. The lowest BCUT2D eigenvalue weighted by molar-refractivity contribution is 0.104. The van der Waals surface area contributed by atoms with E-state index >= 15 is 0 Å². The van der Waals surface area contributed by atoms with Gasteiger partial charge in [-0.05, 0) is 71.0 Å². The van der Waals surface area contributed by atoms with Gasteiger partial charge in [-0.1, -0.05) is 54.1 Å². The number of carbonyl (C=O) groups excluding carboxylic acids is 1. The lowest BCUT2D eigenvalue weighted by Gasteiger charge is -2.12. The van der Waals surface area contributed by atoms with Crippen LogP contribution < -0.4 is 9.47 Å². The number of fused-ring (bicyclic) bond motifs is 1. The Morgan fingerprint density at radius 2 is 1.65 bits per heavy atom. The minimum atomic E-state index is -0.0840. The van der Waals surface area contributed by atoms with Crippen LogP contribution in [-0.4, -0.2) is 12.9 Å². The minimum Gasteiger partial charge on any atom is -0.497 e. The van der Waals surface area contributed by atoms with Crippen LogP contribution in [0.15, 0.2) is 91.0 Å². The third-order valence-corrected chi connectivity index (χ3v) is 5.27. The van der Waals surface area contributed by atoms with Crippen molar-refractivity contribution in [3.8, 4) is 11.5 Å². The Morgan fingerprint density at radius 1 is 0.903 bits per heavy atom. The molecule has 154 valence electrons. The second-order valence-corrected chi connectivity index (χ2v) is 7.48. The second kappa shape index (κ2) is 9.50. The van der Waals surface area contributed by atoms with Crippen molar-refractivity contribution in [2.24, 2.45) is 0 Å². The summed E-state index contributed by atoms with van der Waals surface area (Å²) in [6.07, 6.45) is 3.41. The lowest BCUT2D eigenvalue weighted by Crippen LogP contribution is -1.98. The van der Waals surface area contributed by atoms with Crippen molar-refractivity contribution in [1.82, 2.24) is 0 Å². The van der Waals surface area contributed by atoms with E-state index in [1.807, 2.05) is 66.7 Å². The zero-order valence-corrected chi connectivity index (χ0v) is 17.8. The Morgan fingerprint density at radius 3 is 2.39 bits per heavy atom. The number of methoxy groups -OCH3 is 1.